The standard InChI is InChI=1S/C12H16N2O2S/c1-3-16-7-6-14-11-5-4-9(15-2)8-10(11)13-12(14)17/h4-5,8H,3,6-7H2,1-2H3,(H,13,17). The first-order chi connectivity index (χ1) is 8.26. The van der Waals surface area contributed by atoms with Crippen molar-refractivity contribution in [2.45, 2.75) is 13.5 Å². The largest absolute Gasteiger partial charge is 0.497 e. The lowest BCUT2D eigenvalue weighted by Crippen LogP contribution is -2.05. The first-order valence-corrected chi connectivity index (χ1v) is 6.01. The summed E-state index contributed by atoms with van der Waals surface area (Å²) < 4.78 is 13.3. The van der Waals surface area contributed by atoms with Gasteiger partial charge in [-0.05, 0) is 31.3 Å². The molecule has 1 aromatic heterocycles. The molecule has 0 amide bonds. The van der Waals surface area contributed by atoms with Crippen molar-refractivity contribution in [1.82, 2.24) is 9.55 Å². The highest BCUT2D eigenvalue weighted by Gasteiger charge is 2.05. The van der Waals surface area contributed by atoms with Crippen LogP contribution < -0.4 is 4.74 Å². The number of H-pyrrole nitrogens is 1. The van der Waals surface area contributed by atoms with Gasteiger partial charge in [-0.2, -0.15) is 0 Å². The zero-order valence-electron chi connectivity index (χ0n) is 10.0. The topological polar surface area (TPSA) is 39.2 Å². The van der Waals surface area contributed by atoms with Crippen molar-refractivity contribution in [3.05, 3.63) is 23.0 Å². The van der Waals surface area contributed by atoms with Crippen LogP contribution in [-0.4, -0.2) is 29.9 Å². The lowest BCUT2D eigenvalue weighted by atomic mass is 10.3. The number of nitrogens with zero attached hydrogens (tertiary/aromatic N) is 1. The quantitative estimate of drug-likeness (QED) is 0.657. The molecule has 0 bridgehead atoms. The average Bonchev–Trinajstić information content (AvgIpc) is 2.65. The lowest BCUT2D eigenvalue weighted by molar-refractivity contribution is 0.139. The maximum Gasteiger partial charge on any atom is 0.178 e. The van der Waals surface area contributed by atoms with Gasteiger partial charge in [0.25, 0.3) is 0 Å². The van der Waals surface area contributed by atoms with Crippen LogP contribution in [0.2, 0.25) is 0 Å². The number of ether oxygens (including phenoxy) is 2. The maximum atomic E-state index is 5.35. The monoisotopic (exact) mass is 252 g/mol. The molecular weight excluding hydrogens is 236 g/mol. The molecule has 1 aromatic carbocycles. The molecule has 2 rings (SSSR count). The summed E-state index contributed by atoms with van der Waals surface area (Å²) in [6, 6.07) is 5.89. The first-order valence-electron chi connectivity index (χ1n) is 5.60. The summed E-state index contributed by atoms with van der Waals surface area (Å²) in [5.74, 6) is 0.825. The van der Waals surface area contributed by atoms with Gasteiger partial charge in [0, 0.05) is 19.2 Å². The fraction of sp³-hybridized carbons (Fsp3) is 0.417. The van der Waals surface area contributed by atoms with E-state index in [2.05, 4.69) is 4.98 Å². The molecule has 0 radical (unpaired) electrons. The Kier molecular flexibility index (Phi) is 3.81. The van der Waals surface area contributed by atoms with Crippen LogP contribution in [0, 0.1) is 4.77 Å². The molecule has 0 aliphatic carbocycles. The molecule has 2 aromatic rings. The van der Waals surface area contributed by atoms with Gasteiger partial charge in [-0.25, -0.2) is 0 Å². The van der Waals surface area contributed by atoms with Gasteiger partial charge in [0.1, 0.15) is 5.75 Å². The van der Waals surface area contributed by atoms with Crippen LogP contribution in [0.3, 0.4) is 0 Å². The van der Waals surface area contributed by atoms with Crippen molar-refractivity contribution in [1.29, 1.82) is 0 Å². The normalized spacial score (nSPS) is 10.9. The second-order valence-corrected chi connectivity index (χ2v) is 4.05. The number of nitrogens with one attached hydrogen (secondary N) is 1. The van der Waals surface area contributed by atoms with Crippen molar-refractivity contribution >= 4 is 23.3 Å². The molecule has 92 valence electrons. The van der Waals surface area contributed by atoms with Gasteiger partial charge in [0.15, 0.2) is 4.77 Å². The number of rotatable bonds is 5. The molecule has 0 fully saturated rings. The van der Waals surface area contributed by atoms with Crippen LogP contribution in [0.5, 0.6) is 5.75 Å². The highest BCUT2D eigenvalue weighted by atomic mass is 32.1. The fourth-order valence-electron chi connectivity index (χ4n) is 1.79. The summed E-state index contributed by atoms with van der Waals surface area (Å²) in [6.45, 7) is 4.14. The molecule has 0 aliphatic rings. The van der Waals surface area contributed by atoms with Crippen LogP contribution >= 0.6 is 12.2 Å². The van der Waals surface area contributed by atoms with Crippen molar-refractivity contribution in [2.24, 2.45) is 0 Å². The summed E-state index contributed by atoms with van der Waals surface area (Å²) >= 11 is 5.29. The number of hydrogen-bond donors (Lipinski definition) is 1. The van der Waals surface area contributed by atoms with Crippen LogP contribution in [0.15, 0.2) is 18.2 Å². The van der Waals surface area contributed by atoms with Gasteiger partial charge in [-0.3, -0.25) is 0 Å². The van der Waals surface area contributed by atoms with Crippen LogP contribution in [-0.2, 0) is 11.3 Å². The van der Waals surface area contributed by atoms with Crippen LogP contribution in [0.4, 0.5) is 0 Å². The summed E-state index contributed by atoms with van der Waals surface area (Å²) in [4.78, 5) is 3.17. The third-order valence-corrected chi connectivity index (χ3v) is 2.97. The van der Waals surface area contributed by atoms with Gasteiger partial charge in [0.05, 0.1) is 24.8 Å². The minimum atomic E-state index is 0.670. The molecule has 0 spiro atoms. The number of aromatic amines is 1. The van der Waals surface area contributed by atoms with Crippen molar-refractivity contribution in [3.8, 4) is 5.75 Å². The Balaban J connectivity index is 2.35. The minimum absolute atomic E-state index is 0.670. The molecule has 1 heterocycles. The predicted octanol–water partition coefficient (Wildman–Crippen LogP) is 2.74. The molecule has 0 atom stereocenters. The molecule has 0 saturated heterocycles. The number of fused-ring (bicyclic) bond motifs is 1. The second kappa shape index (κ2) is 5.33. The van der Waals surface area contributed by atoms with E-state index in [1.165, 1.54) is 0 Å². The summed E-state index contributed by atoms with van der Waals surface area (Å²) in [5.41, 5.74) is 2.07. The third-order valence-electron chi connectivity index (χ3n) is 2.64. The average molecular weight is 252 g/mol. The minimum Gasteiger partial charge on any atom is -0.497 e. The van der Waals surface area contributed by atoms with Gasteiger partial charge in [-0.15, -0.1) is 0 Å². The van der Waals surface area contributed by atoms with E-state index < -0.39 is 0 Å². The maximum absolute atomic E-state index is 5.35. The zero-order chi connectivity index (χ0) is 12.3. The van der Waals surface area contributed by atoms with Gasteiger partial charge in [-0.1, -0.05) is 0 Å². The highest BCUT2D eigenvalue weighted by molar-refractivity contribution is 7.71. The summed E-state index contributed by atoms with van der Waals surface area (Å²) in [5, 5.41) is 0. The summed E-state index contributed by atoms with van der Waals surface area (Å²) in [7, 11) is 1.65. The second-order valence-electron chi connectivity index (χ2n) is 3.66. The molecule has 0 saturated carbocycles. The van der Waals surface area contributed by atoms with Gasteiger partial charge >= 0.3 is 0 Å². The number of imidazole rings is 1. The lowest BCUT2D eigenvalue weighted by Gasteiger charge is -2.05. The van der Waals surface area contributed by atoms with E-state index in [-0.39, 0.29) is 0 Å². The molecule has 0 unspecified atom stereocenters. The van der Waals surface area contributed by atoms with E-state index in [1.54, 1.807) is 7.11 Å². The zero-order valence-corrected chi connectivity index (χ0v) is 10.8. The van der Waals surface area contributed by atoms with Crippen molar-refractivity contribution in [3.63, 3.8) is 0 Å². The van der Waals surface area contributed by atoms with Crippen molar-refractivity contribution in [2.75, 3.05) is 20.3 Å². The number of aromatic nitrogens is 2. The van der Waals surface area contributed by atoms with E-state index in [4.69, 9.17) is 21.7 Å². The summed E-state index contributed by atoms with van der Waals surface area (Å²) in [6.07, 6.45) is 0. The Morgan fingerprint density at radius 3 is 2.94 bits per heavy atom. The first kappa shape index (κ1) is 12.1. The molecule has 5 heteroatoms. The van der Waals surface area contributed by atoms with Gasteiger partial charge in [0.2, 0.25) is 0 Å². The number of hydrogen-bond acceptors (Lipinski definition) is 3. The van der Waals surface area contributed by atoms with Crippen LogP contribution in [0.25, 0.3) is 11.0 Å². The van der Waals surface area contributed by atoms with Crippen LogP contribution in [0.1, 0.15) is 6.92 Å². The number of methoxy groups -OCH3 is 1. The van der Waals surface area contributed by atoms with E-state index in [9.17, 15) is 0 Å². The Morgan fingerprint density at radius 2 is 2.24 bits per heavy atom. The van der Waals surface area contributed by atoms with E-state index >= 15 is 0 Å². The Bertz CT molecular complexity index is 559. The van der Waals surface area contributed by atoms with E-state index in [1.807, 2.05) is 29.7 Å². The number of benzene rings is 1. The Hall–Kier alpha value is -1.33. The SMILES string of the molecule is CCOCCn1c(=S)[nH]c2cc(OC)ccc21. The Morgan fingerprint density at radius 1 is 1.41 bits per heavy atom. The fourth-order valence-corrected chi connectivity index (χ4v) is 2.09. The van der Waals surface area contributed by atoms with Gasteiger partial charge < -0.3 is 19.0 Å². The molecule has 0 aliphatic heterocycles. The molecule has 4 nitrogen and oxygen atoms in total. The van der Waals surface area contributed by atoms with E-state index in [0.29, 0.717) is 11.4 Å². The van der Waals surface area contributed by atoms with E-state index in [0.717, 1.165) is 29.9 Å². The molecular formula is C12H16N2O2S. The third kappa shape index (κ3) is 2.50. The highest BCUT2D eigenvalue weighted by Crippen LogP contribution is 2.20. The predicted molar refractivity (Wildman–Crippen MR) is 70.2 cm³/mol. The Labute approximate surface area is 105 Å². The molecule has 1 N–H and O–H groups in total. The smallest absolute Gasteiger partial charge is 0.178 e. The van der Waals surface area contributed by atoms with Crippen molar-refractivity contribution < 1.29 is 9.47 Å². The molecule has 17 heavy (non-hydrogen) atoms.